The first-order valence-electron chi connectivity index (χ1n) is 4.32. The van der Waals surface area contributed by atoms with Crippen molar-refractivity contribution < 1.29 is 9.90 Å². The number of pyridine rings is 1. The molecular weight excluding hydrogens is 340 g/mol. The van der Waals surface area contributed by atoms with Crippen LogP contribution in [0.5, 0.6) is 0 Å². The van der Waals surface area contributed by atoms with Crippen molar-refractivity contribution >= 4 is 37.8 Å². The molecule has 2 rings (SSSR count). The van der Waals surface area contributed by atoms with Crippen LogP contribution in [0.15, 0.2) is 39.5 Å². The van der Waals surface area contributed by atoms with Gasteiger partial charge in [0.1, 0.15) is 5.69 Å². The van der Waals surface area contributed by atoms with Crippen LogP contribution in [0.2, 0.25) is 0 Å². The zero-order valence-corrected chi connectivity index (χ0v) is 11.1. The molecule has 2 aromatic rings. The molecule has 0 fully saturated rings. The van der Waals surface area contributed by atoms with Crippen molar-refractivity contribution in [1.29, 1.82) is 0 Å². The second kappa shape index (κ2) is 4.39. The largest absolute Gasteiger partial charge is 0.477 e. The fourth-order valence-corrected chi connectivity index (χ4v) is 2.04. The van der Waals surface area contributed by atoms with E-state index in [4.69, 9.17) is 5.11 Å². The van der Waals surface area contributed by atoms with Crippen LogP contribution in [-0.4, -0.2) is 20.6 Å². The van der Waals surface area contributed by atoms with E-state index in [1.54, 1.807) is 24.5 Å². The topological polar surface area (TPSA) is 55.1 Å². The molecule has 0 spiro atoms. The first kappa shape index (κ1) is 11.3. The Kier molecular flexibility index (Phi) is 3.11. The minimum absolute atomic E-state index is 0.173. The highest BCUT2D eigenvalue weighted by atomic mass is 79.9. The maximum absolute atomic E-state index is 11.0. The van der Waals surface area contributed by atoms with Crippen molar-refractivity contribution in [2.75, 3.05) is 0 Å². The van der Waals surface area contributed by atoms with Crippen molar-refractivity contribution in [3.63, 3.8) is 0 Å². The second-order valence-corrected chi connectivity index (χ2v) is 4.65. The fourth-order valence-electron chi connectivity index (χ4n) is 1.32. The average molecular weight is 346 g/mol. The summed E-state index contributed by atoms with van der Waals surface area (Å²) in [6.07, 6.45) is 3.26. The van der Waals surface area contributed by atoms with Crippen LogP contribution in [0.3, 0.4) is 0 Å². The SMILES string of the molecule is O=C(O)c1cccn1-c1nccc(Br)c1Br. The summed E-state index contributed by atoms with van der Waals surface area (Å²) < 4.78 is 3.05. The Morgan fingerprint density at radius 3 is 2.81 bits per heavy atom. The van der Waals surface area contributed by atoms with Gasteiger partial charge in [-0.25, -0.2) is 9.78 Å². The smallest absolute Gasteiger partial charge is 0.352 e. The molecule has 0 aromatic carbocycles. The van der Waals surface area contributed by atoms with Gasteiger partial charge >= 0.3 is 5.97 Å². The first-order valence-corrected chi connectivity index (χ1v) is 5.91. The highest BCUT2D eigenvalue weighted by molar-refractivity contribution is 9.13. The summed E-state index contributed by atoms with van der Waals surface area (Å²) in [5, 5.41) is 9.00. The summed E-state index contributed by atoms with van der Waals surface area (Å²) in [4.78, 5) is 15.1. The average Bonchev–Trinajstić information content (AvgIpc) is 2.70. The zero-order valence-electron chi connectivity index (χ0n) is 7.89. The van der Waals surface area contributed by atoms with Gasteiger partial charge in [-0.3, -0.25) is 4.57 Å². The van der Waals surface area contributed by atoms with Crippen LogP contribution in [0.25, 0.3) is 5.82 Å². The third-order valence-electron chi connectivity index (χ3n) is 2.02. The Morgan fingerprint density at radius 1 is 1.38 bits per heavy atom. The third-order valence-corrected chi connectivity index (χ3v) is 3.99. The Bertz CT molecular complexity index is 552. The van der Waals surface area contributed by atoms with E-state index in [0.29, 0.717) is 10.3 Å². The normalized spacial score (nSPS) is 10.4. The van der Waals surface area contributed by atoms with E-state index < -0.39 is 5.97 Å². The molecule has 2 aromatic heterocycles. The quantitative estimate of drug-likeness (QED) is 0.909. The van der Waals surface area contributed by atoms with Gasteiger partial charge in [0.15, 0.2) is 5.82 Å². The van der Waals surface area contributed by atoms with E-state index in [2.05, 4.69) is 36.8 Å². The number of carboxylic acids is 1. The Labute approximate surface area is 108 Å². The van der Waals surface area contributed by atoms with Crippen molar-refractivity contribution in [1.82, 2.24) is 9.55 Å². The number of aromatic carboxylic acids is 1. The molecule has 0 radical (unpaired) electrons. The summed E-state index contributed by atoms with van der Waals surface area (Å²) in [5.74, 6) is -0.449. The van der Waals surface area contributed by atoms with E-state index >= 15 is 0 Å². The third kappa shape index (κ3) is 1.90. The van der Waals surface area contributed by atoms with Crippen LogP contribution in [0, 0.1) is 0 Å². The fraction of sp³-hybridized carbons (Fsp3) is 0. The summed E-state index contributed by atoms with van der Waals surface area (Å²) in [5.41, 5.74) is 0.173. The number of carbonyl (C=O) groups is 1. The van der Waals surface area contributed by atoms with E-state index in [-0.39, 0.29) is 5.69 Å². The predicted molar refractivity (Wildman–Crippen MR) is 65.9 cm³/mol. The summed E-state index contributed by atoms with van der Waals surface area (Å²) in [6.45, 7) is 0. The number of nitrogens with zero attached hydrogens (tertiary/aromatic N) is 2. The molecule has 0 aliphatic carbocycles. The number of aromatic nitrogens is 2. The van der Waals surface area contributed by atoms with Crippen LogP contribution >= 0.6 is 31.9 Å². The molecule has 0 saturated carbocycles. The van der Waals surface area contributed by atoms with Gasteiger partial charge in [0.05, 0.1) is 4.47 Å². The summed E-state index contributed by atoms with van der Waals surface area (Å²) >= 11 is 6.71. The number of rotatable bonds is 2. The molecule has 0 aliphatic rings. The number of carboxylic acid groups (broad SMARTS) is 1. The van der Waals surface area contributed by atoms with Gasteiger partial charge in [-0.1, -0.05) is 0 Å². The second-order valence-electron chi connectivity index (χ2n) is 3.00. The first-order chi connectivity index (χ1) is 7.61. The van der Waals surface area contributed by atoms with E-state index in [1.807, 2.05) is 0 Å². The van der Waals surface area contributed by atoms with Crippen molar-refractivity contribution in [2.24, 2.45) is 0 Å². The van der Waals surface area contributed by atoms with Gasteiger partial charge in [0.25, 0.3) is 0 Å². The molecule has 0 aliphatic heterocycles. The van der Waals surface area contributed by atoms with E-state index in [9.17, 15) is 4.79 Å². The Hall–Kier alpha value is -1.14. The van der Waals surface area contributed by atoms with Crippen molar-refractivity contribution in [2.45, 2.75) is 0 Å². The molecule has 0 saturated heterocycles. The number of hydrogen-bond donors (Lipinski definition) is 1. The Morgan fingerprint density at radius 2 is 2.12 bits per heavy atom. The molecule has 6 heteroatoms. The van der Waals surface area contributed by atoms with Gasteiger partial charge in [0, 0.05) is 16.9 Å². The molecule has 1 N–H and O–H groups in total. The van der Waals surface area contributed by atoms with Gasteiger partial charge in [0.2, 0.25) is 0 Å². The number of halogens is 2. The highest BCUT2D eigenvalue weighted by Crippen LogP contribution is 2.28. The maximum atomic E-state index is 11.0. The van der Waals surface area contributed by atoms with Crippen LogP contribution in [-0.2, 0) is 0 Å². The lowest BCUT2D eigenvalue weighted by molar-refractivity contribution is 0.0688. The lowest BCUT2D eigenvalue weighted by atomic mass is 10.4. The lowest BCUT2D eigenvalue weighted by Gasteiger charge is -2.08. The number of hydrogen-bond acceptors (Lipinski definition) is 2. The lowest BCUT2D eigenvalue weighted by Crippen LogP contribution is -2.07. The van der Waals surface area contributed by atoms with Crippen molar-refractivity contribution in [3.05, 3.63) is 45.2 Å². The summed E-state index contributed by atoms with van der Waals surface area (Å²) in [7, 11) is 0. The highest BCUT2D eigenvalue weighted by Gasteiger charge is 2.14. The van der Waals surface area contributed by atoms with Gasteiger partial charge in [-0.05, 0) is 50.1 Å². The predicted octanol–water partition coefficient (Wildman–Crippen LogP) is 3.10. The monoisotopic (exact) mass is 344 g/mol. The minimum Gasteiger partial charge on any atom is -0.477 e. The molecular formula is C10H6Br2N2O2. The van der Waals surface area contributed by atoms with Gasteiger partial charge in [-0.15, -0.1) is 0 Å². The van der Waals surface area contributed by atoms with Crippen LogP contribution < -0.4 is 0 Å². The zero-order chi connectivity index (χ0) is 11.7. The van der Waals surface area contributed by atoms with E-state index in [0.717, 1.165) is 4.47 Å². The minimum atomic E-state index is -0.987. The molecule has 4 nitrogen and oxygen atoms in total. The molecule has 16 heavy (non-hydrogen) atoms. The molecule has 0 bridgehead atoms. The van der Waals surface area contributed by atoms with Gasteiger partial charge < -0.3 is 5.11 Å². The molecule has 2 heterocycles. The molecule has 0 atom stereocenters. The molecule has 0 amide bonds. The van der Waals surface area contributed by atoms with Crippen LogP contribution in [0.1, 0.15) is 10.5 Å². The molecule has 0 unspecified atom stereocenters. The maximum Gasteiger partial charge on any atom is 0.352 e. The van der Waals surface area contributed by atoms with Crippen molar-refractivity contribution in [3.8, 4) is 5.82 Å². The standard InChI is InChI=1S/C10H6Br2N2O2/c11-6-3-4-13-9(8(6)12)14-5-1-2-7(14)10(15)16/h1-5H,(H,15,16). The van der Waals surface area contributed by atoms with Gasteiger partial charge in [-0.2, -0.15) is 0 Å². The van der Waals surface area contributed by atoms with Crippen LogP contribution in [0.4, 0.5) is 0 Å². The molecule has 82 valence electrons. The Balaban J connectivity index is 2.63. The van der Waals surface area contributed by atoms with E-state index in [1.165, 1.54) is 10.6 Å². The summed E-state index contributed by atoms with van der Waals surface area (Å²) in [6, 6.07) is 4.97.